The first-order valence-corrected chi connectivity index (χ1v) is 9.22. The minimum absolute atomic E-state index is 0.127. The number of hydrogen-bond donors (Lipinski definition) is 1. The highest BCUT2D eigenvalue weighted by molar-refractivity contribution is 7.09. The van der Waals surface area contributed by atoms with E-state index >= 15 is 0 Å². The molecule has 0 radical (unpaired) electrons. The van der Waals surface area contributed by atoms with Gasteiger partial charge in [0.1, 0.15) is 0 Å². The highest BCUT2D eigenvalue weighted by atomic mass is 32.1. The number of aliphatic imine (C=N–C) groups is 1. The molecular formula is C17H30N4OS. The van der Waals surface area contributed by atoms with Crippen LogP contribution in [-0.4, -0.2) is 56.2 Å². The third-order valence-corrected chi connectivity index (χ3v) is 4.98. The maximum atomic E-state index is 5.45. The zero-order valence-corrected chi connectivity index (χ0v) is 15.9. The number of guanidine groups is 1. The van der Waals surface area contributed by atoms with Crippen molar-refractivity contribution in [3.63, 3.8) is 0 Å². The van der Waals surface area contributed by atoms with Gasteiger partial charge in [0.25, 0.3) is 0 Å². The lowest BCUT2D eigenvalue weighted by Crippen LogP contribution is -2.42. The molecule has 2 rings (SSSR count). The molecule has 1 aliphatic rings. The summed E-state index contributed by atoms with van der Waals surface area (Å²) in [5.74, 6) is 1.57. The Balaban J connectivity index is 1.78. The summed E-state index contributed by atoms with van der Waals surface area (Å²) in [5, 5.41) is 6.80. The van der Waals surface area contributed by atoms with E-state index in [1.54, 1.807) is 11.3 Å². The smallest absolute Gasteiger partial charge is 0.193 e. The van der Waals surface area contributed by atoms with Crippen molar-refractivity contribution in [2.24, 2.45) is 10.9 Å². The molecule has 1 aromatic rings. The minimum atomic E-state index is 0.127. The molecule has 6 heteroatoms. The summed E-state index contributed by atoms with van der Waals surface area (Å²) in [7, 11) is 3.93. The molecule has 1 atom stereocenters. The van der Waals surface area contributed by atoms with Crippen molar-refractivity contribution in [3.05, 3.63) is 16.1 Å². The molecule has 1 saturated heterocycles. The van der Waals surface area contributed by atoms with E-state index in [-0.39, 0.29) is 5.41 Å². The molecule has 130 valence electrons. The van der Waals surface area contributed by atoms with E-state index in [1.165, 1.54) is 10.7 Å². The zero-order valence-electron chi connectivity index (χ0n) is 15.1. The Morgan fingerprint density at radius 3 is 2.87 bits per heavy atom. The quantitative estimate of drug-likeness (QED) is 0.662. The summed E-state index contributed by atoms with van der Waals surface area (Å²) in [5.41, 5.74) is 1.31. The summed E-state index contributed by atoms with van der Waals surface area (Å²) in [4.78, 5) is 11.3. The SMILES string of the molecule is CN=C(NCCc1nc(C(C)(C)C)cs1)N(C)CC1CCOC1. The van der Waals surface area contributed by atoms with Crippen LogP contribution in [0, 0.1) is 5.92 Å². The molecule has 0 bridgehead atoms. The van der Waals surface area contributed by atoms with Gasteiger partial charge in [0.05, 0.1) is 17.3 Å². The van der Waals surface area contributed by atoms with Crippen LogP contribution in [0.15, 0.2) is 10.4 Å². The largest absolute Gasteiger partial charge is 0.381 e. The number of thiazole rings is 1. The molecule has 5 nitrogen and oxygen atoms in total. The number of ether oxygens (including phenoxy) is 1. The molecular weight excluding hydrogens is 308 g/mol. The summed E-state index contributed by atoms with van der Waals surface area (Å²) >= 11 is 1.75. The molecule has 1 aromatic heterocycles. The van der Waals surface area contributed by atoms with Gasteiger partial charge < -0.3 is 15.0 Å². The van der Waals surface area contributed by atoms with E-state index in [1.807, 2.05) is 7.05 Å². The Labute approximate surface area is 144 Å². The van der Waals surface area contributed by atoms with Crippen molar-refractivity contribution in [1.29, 1.82) is 0 Å². The van der Waals surface area contributed by atoms with E-state index in [0.717, 1.165) is 45.1 Å². The van der Waals surface area contributed by atoms with Gasteiger partial charge in [0.15, 0.2) is 5.96 Å². The van der Waals surface area contributed by atoms with Gasteiger partial charge in [-0.3, -0.25) is 4.99 Å². The molecule has 0 amide bonds. The minimum Gasteiger partial charge on any atom is -0.381 e. The number of rotatable bonds is 5. The Hall–Kier alpha value is -1.14. The lowest BCUT2D eigenvalue weighted by molar-refractivity contribution is 0.181. The van der Waals surface area contributed by atoms with Gasteiger partial charge in [-0.2, -0.15) is 0 Å². The first-order valence-electron chi connectivity index (χ1n) is 8.34. The molecule has 1 N–H and O–H groups in total. The topological polar surface area (TPSA) is 49.8 Å². The molecule has 1 aliphatic heterocycles. The summed E-state index contributed by atoms with van der Waals surface area (Å²) < 4.78 is 5.45. The van der Waals surface area contributed by atoms with Crippen molar-refractivity contribution in [2.45, 2.75) is 39.0 Å². The van der Waals surface area contributed by atoms with Crippen molar-refractivity contribution >= 4 is 17.3 Å². The zero-order chi connectivity index (χ0) is 16.9. The average Bonchev–Trinajstić information content (AvgIpc) is 3.14. The third kappa shape index (κ3) is 5.46. The van der Waals surface area contributed by atoms with Crippen molar-refractivity contribution in [2.75, 3.05) is 40.4 Å². The van der Waals surface area contributed by atoms with E-state index in [0.29, 0.717) is 5.92 Å². The van der Waals surface area contributed by atoms with Gasteiger partial charge in [-0.25, -0.2) is 4.98 Å². The van der Waals surface area contributed by atoms with E-state index in [4.69, 9.17) is 9.72 Å². The molecule has 0 aromatic carbocycles. The average molecular weight is 339 g/mol. The van der Waals surface area contributed by atoms with Crippen LogP contribution < -0.4 is 5.32 Å². The normalized spacial score (nSPS) is 19.2. The van der Waals surface area contributed by atoms with Crippen LogP contribution in [0.4, 0.5) is 0 Å². The van der Waals surface area contributed by atoms with Crippen LogP contribution in [-0.2, 0) is 16.6 Å². The van der Waals surface area contributed by atoms with E-state index in [9.17, 15) is 0 Å². The fourth-order valence-electron chi connectivity index (χ4n) is 2.64. The molecule has 23 heavy (non-hydrogen) atoms. The fourth-order valence-corrected chi connectivity index (χ4v) is 3.66. The Kier molecular flexibility index (Phi) is 6.41. The van der Waals surface area contributed by atoms with Crippen molar-refractivity contribution in [1.82, 2.24) is 15.2 Å². The molecule has 0 aliphatic carbocycles. The lowest BCUT2D eigenvalue weighted by Gasteiger charge is -2.24. The predicted octanol–water partition coefficient (Wildman–Crippen LogP) is 2.53. The second kappa shape index (κ2) is 8.11. The maximum Gasteiger partial charge on any atom is 0.193 e. The monoisotopic (exact) mass is 338 g/mol. The number of nitrogens with zero attached hydrogens (tertiary/aromatic N) is 3. The van der Waals surface area contributed by atoms with Gasteiger partial charge in [-0.1, -0.05) is 20.8 Å². The van der Waals surface area contributed by atoms with Crippen molar-refractivity contribution in [3.8, 4) is 0 Å². The van der Waals surface area contributed by atoms with Gasteiger partial charge in [0, 0.05) is 56.9 Å². The van der Waals surface area contributed by atoms with Crippen LogP contribution in [0.5, 0.6) is 0 Å². The Morgan fingerprint density at radius 1 is 1.52 bits per heavy atom. The van der Waals surface area contributed by atoms with Crippen LogP contribution in [0.2, 0.25) is 0 Å². The molecule has 2 heterocycles. The van der Waals surface area contributed by atoms with Crippen LogP contribution in [0.1, 0.15) is 37.9 Å². The van der Waals surface area contributed by atoms with E-state index < -0.39 is 0 Å². The Morgan fingerprint density at radius 2 is 2.30 bits per heavy atom. The Bertz CT molecular complexity index is 515. The van der Waals surface area contributed by atoms with Crippen molar-refractivity contribution < 1.29 is 4.74 Å². The lowest BCUT2D eigenvalue weighted by atomic mass is 9.93. The second-order valence-corrected chi connectivity index (χ2v) is 8.15. The number of aromatic nitrogens is 1. The highest BCUT2D eigenvalue weighted by Crippen LogP contribution is 2.23. The van der Waals surface area contributed by atoms with E-state index in [2.05, 4.69) is 48.4 Å². The molecule has 0 saturated carbocycles. The molecule has 1 unspecified atom stereocenters. The summed E-state index contributed by atoms with van der Waals surface area (Å²) in [6.07, 6.45) is 2.08. The summed E-state index contributed by atoms with van der Waals surface area (Å²) in [6, 6.07) is 0. The number of nitrogens with one attached hydrogen (secondary N) is 1. The second-order valence-electron chi connectivity index (χ2n) is 7.21. The van der Waals surface area contributed by atoms with Gasteiger partial charge >= 0.3 is 0 Å². The fraction of sp³-hybridized carbons (Fsp3) is 0.765. The maximum absolute atomic E-state index is 5.45. The summed E-state index contributed by atoms with van der Waals surface area (Å²) in [6.45, 7) is 10.2. The van der Waals surface area contributed by atoms with Gasteiger partial charge in [-0.05, 0) is 6.42 Å². The van der Waals surface area contributed by atoms with Gasteiger partial charge in [0.2, 0.25) is 0 Å². The van der Waals surface area contributed by atoms with Gasteiger partial charge in [-0.15, -0.1) is 11.3 Å². The first-order chi connectivity index (χ1) is 10.9. The number of hydrogen-bond acceptors (Lipinski definition) is 4. The standard InChI is InChI=1S/C17H30N4OS/c1-17(2,3)14-12-23-15(20-14)6-8-19-16(18-4)21(5)10-13-7-9-22-11-13/h12-13H,6-11H2,1-5H3,(H,18,19). The molecule has 0 spiro atoms. The van der Waals surface area contributed by atoms with Crippen LogP contribution in [0.25, 0.3) is 0 Å². The van der Waals surface area contributed by atoms with Crippen LogP contribution in [0.3, 0.4) is 0 Å². The van der Waals surface area contributed by atoms with Crippen LogP contribution >= 0.6 is 11.3 Å². The first kappa shape index (κ1) is 18.2. The highest BCUT2D eigenvalue weighted by Gasteiger charge is 2.19. The third-order valence-electron chi connectivity index (χ3n) is 4.07. The molecule has 1 fully saturated rings. The predicted molar refractivity (Wildman–Crippen MR) is 97.4 cm³/mol.